The molecule has 0 aromatic rings. The van der Waals surface area contributed by atoms with E-state index in [-0.39, 0.29) is 12.5 Å². The first kappa shape index (κ1) is 11.8. The SMILES string of the molecule is CCNC(=O)CCSCCCO. The highest BCUT2D eigenvalue weighted by atomic mass is 32.2. The molecule has 0 aromatic heterocycles. The molecule has 0 saturated heterocycles. The Morgan fingerprint density at radius 2 is 2.25 bits per heavy atom. The van der Waals surface area contributed by atoms with Gasteiger partial charge < -0.3 is 10.4 Å². The van der Waals surface area contributed by atoms with E-state index in [4.69, 9.17) is 5.11 Å². The Hall–Kier alpha value is -0.220. The van der Waals surface area contributed by atoms with Crippen molar-refractivity contribution in [1.29, 1.82) is 0 Å². The number of carbonyl (C=O) groups excluding carboxylic acids is 1. The summed E-state index contributed by atoms with van der Waals surface area (Å²) in [5.74, 6) is 1.91. The van der Waals surface area contributed by atoms with Crippen LogP contribution >= 0.6 is 11.8 Å². The van der Waals surface area contributed by atoms with Crippen molar-refractivity contribution >= 4 is 17.7 Å². The first-order valence-electron chi connectivity index (χ1n) is 4.26. The molecular weight excluding hydrogens is 174 g/mol. The van der Waals surface area contributed by atoms with E-state index in [1.54, 1.807) is 11.8 Å². The Labute approximate surface area is 77.9 Å². The molecule has 2 N–H and O–H groups in total. The molecule has 0 saturated carbocycles. The van der Waals surface area contributed by atoms with Gasteiger partial charge in [0.25, 0.3) is 0 Å². The first-order valence-corrected chi connectivity index (χ1v) is 5.42. The Kier molecular flexibility index (Phi) is 8.71. The summed E-state index contributed by atoms with van der Waals surface area (Å²) in [5, 5.41) is 11.2. The maximum atomic E-state index is 10.9. The fraction of sp³-hybridized carbons (Fsp3) is 0.875. The summed E-state index contributed by atoms with van der Waals surface area (Å²) in [5.41, 5.74) is 0. The van der Waals surface area contributed by atoms with Crippen LogP contribution in [-0.2, 0) is 4.79 Å². The monoisotopic (exact) mass is 191 g/mol. The van der Waals surface area contributed by atoms with Crippen LogP contribution in [0.15, 0.2) is 0 Å². The summed E-state index contributed by atoms with van der Waals surface area (Å²) in [6, 6.07) is 0. The van der Waals surface area contributed by atoms with Crippen molar-refractivity contribution in [2.75, 3.05) is 24.7 Å². The van der Waals surface area contributed by atoms with Crippen LogP contribution in [-0.4, -0.2) is 35.7 Å². The van der Waals surface area contributed by atoms with Crippen molar-refractivity contribution in [1.82, 2.24) is 5.32 Å². The van der Waals surface area contributed by atoms with Gasteiger partial charge in [-0.2, -0.15) is 11.8 Å². The van der Waals surface area contributed by atoms with Crippen molar-refractivity contribution < 1.29 is 9.90 Å². The predicted octanol–water partition coefficient (Wildman–Crippen LogP) is 0.628. The second-order valence-electron chi connectivity index (χ2n) is 2.39. The van der Waals surface area contributed by atoms with Gasteiger partial charge in [-0.3, -0.25) is 4.79 Å². The van der Waals surface area contributed by atoms with Gasteiger partial charge in [0.15, 0.2) is 0 Å². The molecule has 12 heavy (non-hydrogen) atoms. The average molecular weight is 191 g/mol. The van der Waals surface area contributed by atoms with Crippen LogP contribution in [0.4, 0.5) is 0 Å². The number of thioether (sulfide) groups is 1. The minimum absolute atomic E-state index is 0.119. The molecule has 0 rings (SSSR count). The molecule has 0 aliphatic heterocycles. The van der Waals surface area contributed by atoms with E-state index in [9.17, 15) is 4.79 Å². The lowest BCUT2D eigenvalue weighted by Crippen LogP contribution is -2.22. The van der Waals surface area contributed by atoms with Crippen molar-refractivity contribution in [2.45, 2.75) is 19.8 Å². The number of amides is 1. The first-order chi connectivity index (χ1) is 5.81. The van der Waals surface area contributed by atoms with E-state index in [1.165, 1.54) is 0 Å². The third kappa shape index (κ3) is 7.88. The van der Waals surface area contributed by atoms with Gasteiger partial charge in [-0.05, 0) is 19.1 Å². The van der Waals surface area contributed by atoms with E-state index in [1.807, 2.05) is 6.92 Å². The quantitative estimate of drug-likeness (QED) is 0.580. The van der Waals surface area contributed by atoms with Crippen LogP contribution in [0.3, 0.4) is 0 Å². The molecule has 0 atom stereocenters. The fourth-order valence-corrected chi connectivity index (χ4v) is 1.59. The summed E-state index contributed by atoms with van der Waals surface area (Å²) >= 11 is 1.71. The van der Waals surface area contributed by atoms with Gasteiger partial charge >= 0.3 is 0 Å². The third-order valence-electron chi connectivity index (χ3n) is 1.29. The van der Waals surface area contributed by atoms with Gasteiger partial charge in [0.05, 0.1) is 0 Å². The van der Waals surface area contributed by atoms with Gasteiger partial charge in [0.1, 0.15) is 0 Å². The number of aliphatic hydroxyl groups excluding tert-OH is 1. The van der Waals surface area contributed by atoms with Crippen molar-refractivity contribution in [3.63, 3.8) is 0 Å². The molecule has 0 radical (unpaired) electrons. The lowest BCUT2D eigenvalue weighted by atomic mass is 10.4. The van der Waals surface area contributed by atoms with E-state index < -0.39 is 0 Å². The van der Waals surface area contributed by atoms with Crippen molar-refractivity contribution in [3.05, 3.63) is 0 Å². The van der Waals surface area contributed by atoms with Crippen LogP contribution in [0.2, 0.25) is 0 Å². The van der Waals surface area contributed by atoms with Crippen molar-refractivity contribution in [3.8, 4) is 0 Å². The van der Waals surface area contributed by atoms with E-state index in [2.05, 4.69) is 5.32 Å². The Balaban J connectivity index is 3.03. The predicted molar refractivity (Wildman–Crippen MR) is 52.3 cm³/mol. The molecule has 0 aromatic carbocycles. The van der Waals surface area contributed by atoms with Gasteiger partial charge in [0, 0.05) is 25.3 Å². The van der Waals surface area contributed by atoms with E-state index in [0.29, 0.717) is 13.0 Å². The molecule has 0 heterocycles. The molecule has 0 spiro atoms. The summed E-state index contributed by atoms with van der Waals surface area (Å²) in [4.78, 5) is 10.9. The van der Waals surface area contributed by atoms with Crippen LogP contribution in [0.25, 0.3) is 0 Å². The molecule has 0 unspecified atom stereocenters. The standard InChI is InChI=1S/C8H17NO2S/c1-2-9-8(11)4-7-12-6-3-5-10/h10H,2-7H2,1H3,(H,9,11). The number of rotatable bonds is 7. The third-order valence-corrected chi connectivity index (χ3v) is 2.36. The summed E-state index contributed by atoms with van der Waals surface area (Å²) in [6.45, 7) is 2.87. The lowest BCUT2D eigenvalue weighted by molar-refractivity contribution is -0.120. The minimum atomic E-state index is 0.119. The molecule has 0 bridgehead atoms. The van der Waals surface area contributed by atoms with Gasteiger partial charge in [-0.1, -0.05) is 0 Å². The maximum absolute atomic E-state index is 10.9. The normalized spacial score (nSPS) is 9.83. The number of carbonyl (C=O) groups is 1. The second-order valence-corrected chi connectivity index (χ2v) is 3.62. The highest BCUT2D eigenvalue weighted by Gasteiger charge is 1.97. The molecule has 3 nitrogen and oxygen atoms in total. The summed E-state index contributed by atoms with van der Waals surface area (Å²) < 4.78 is 0. The molecule has 0 fully saturated rings. The molecular formula is C8H17NO2S. The minimum Gasteiger partial charge on any atom is -0.396 e. The van der Waals surface area contributed by atoms with Crippen molar-refractivity contribution in [2.24, 2.45) is 0 Å². The van der Waals surface area contributed by atoms with Crippen LogP contribution < -0.4 is 5.32 Å². The number of nitrogens with one attached hydrogen (secondary N) is 1. The van der Waals surface area contributed by atoms with Crippen LogP contribution in [0.5, 0.6) is 0 Å². The fourth-order valence-electron chi connectivity index (χ4n) is 0.719. The van der Waals surface area contributed by atoms with Crippen LogP contribution in [0.1, 0.15) is 19.8 Å². The molecule has 1 amide bonds. The maximum Gasteiger partial charge on any atom is 0.220 e. The molecule has 0 aliphatic rings. The second kappa shape index (κ2) is 8.87. The number of hydrogen-bond acceptors (Lipinski definition) is 3. The molecule has 72 valence electrons. The Morgan fingerprint density at radius 3 is 2.83 bits per heavy atom. The van der Waals surface area contributed by atoms with Crippen LogP contribution in [0, 0.1) is 0 Å². The molecule has 0 aliphatic carbocycles. The summed E-state index contributed by atoms with van der Waals surface area (Å²) in [7, 11) is 0. The zero-order valence-corrected chi connectivity index (χ0v) is 8.32. The summed E-state index contributed by atoms with van der Waals surface area (Å²) in [6.07, 6.45) is 1.41. The zero-order valence-electron chi connectivity index (χ0n) is 7.51. The zero-order chi connectivity index (χ0) is 9.23. The smallest absolute Gasteiger partial charge is 0.220 e. The largest absolute Gasteiger partial charge is 0.396 e. The highest BCUT2D eigenvalue weighted by molar-refractivity contribution is 7.99. The van der Waals surface area contributed by atoms with Gasteiger partial charge in [-0.15, -0.1) is 0 Å². The molecule has 4 heteroatoms. The number of hydrogen-bond donors (Lipinski definition) is 2. The van der Waals surface area contributed by atoms with Gasteiger partial charge in [-0.25, -0.2) is 0 Å². The Bertz CT molecular complexity index is 120. The average Bonchev–Trinajstić information content (AvgIpc) is 2.05. The topological polar surface area (TPSA) is 49.3 Å². The lowest BCUT2D eigenvalue weighted by Gasteiger charge is -2.01. The Morgan fingerprint density at radius 1 is 1.50 bits per heavy atom. The van der Waals surface area contributed by atoms with E-state index >= 15 is 0 Å². The van der Waals surface area contributed by atoms with Gasteiger partial charge in [0.2, 0.25) is 5.91 Å². The number of aliphatic hydroxyl groups is 1. The van der Waals surface area contributed by atoms with E-state index in [0.717, 1.165) is 17.9 Å². The highest BCUT2D eigenvalue weighted by Crippen LogP contribution is 2.03.